The highest BCUT2D eigenvalue weighted by Crippen LogP contribution is 2.26. The molecule has 0 amide bonds. The van der Waals surface area contributed by atoms with Crippen molar-refractivity contribution in [3.05, 3.63) is 15.6 Å². The minimum atomic E-state index is 1.07. The Morgan fingerprint density at radius 1 is 1.62 bits per heavy atom. The standard InChI is InChI=1S/C9H14N2S2/c1-11-4-3-7-8(5-11)13-9(10-7)6-12-2/h3-6H2,1-2H3. The van der Waals surface area contributed by atoms with Gasteiger partial charge < -0.3 is 4.90 Å². The third-order valence-corrected chi connectivity index (χ3v) is 4.06. The average Bonchev–Trinajstić information content (AvgIpc) is 2.46. The van der Waals surface area contributed by atoms with Gasteiger partial charge in [0.1, 0.15) is 5.01 Å². The lowest BCUT2D eigenvalue weighted by molar-refractivity contribution is 0.314. The van der Waals surface area contributed by atoms with Gasteiger partial charge in [-0.1, -0.05) is 0 Å². The van der Waals surface area contributed by atoms with E-state index in [0.29, 0.717) is 0 Å². The van der Waals surface area contributed by atoms with Crippen LogP contribution >= 0.6 is 23.1 Å². The lowest BCUT2D eigenvalue weighted by Crippen LogP contribution is -2.25. The highest BCUT2D eigenvalue weighted by Gasteiger charge is 2.17. The van der Waals surface area contributed by atoms with E-state index in [-0.39, 0.29) is 0 Å². The van der Waals surface area contributed by atoms with E-state index in [1.54, 1.807) is 0 Å². The van der Waals surface area contributed by atoms with Crippen molar-refractivity contribution in [1.82, 2.24) is 9.88 Å². The van der Waals surface area contributed by atoms with Crippen molar-refractivity contribution in [2.24, 2.45) is 0 Å². The van der Waals surface area contributed by atoms with Gasteiger partial charge in [0.25, 0.3) is 0 Å². The molecule has 0 atom stereocenters. The van der Waals surface area contributed by atoms with Gasteiger partial charge in [0, 0.05) is 30.1 Å². The minimum Gasteiger partial charge on any atom is -0.301 e. The first-order chi connectivity index (χ1) is 6.29. The number of hydrogen-bond acceptors (Lipinski definition) is 4. The Kier molecular flexibility index (Phi) is 2.91. The SMILES string of the molecule is CSCc1nc2c(s1)CN(C)CC2. The van der Waals surface area contributed by atoms with Crippen molar-refractivity contribution in [2.75, 3.05) is 19.8 Å². The summed E-state index contributed by atoms with van der Waals surface area (Å²) in [5, 5.41) is 1.30. The van der Waals surface area contributed by atoms with Gasteiger partial charge in [-0.25, -0.2) is 4.98 Å². The fourth-order valence-corrected chi connectivity index (χ4v) is 3.45. The van der Waals surface area contributed by atoms with E-state index in [9.17, 15) is 0 Å². The van der Waals surface area contributed by atoms with Crippen LogP contribution in [0.15, 0.2) is 0 Å². The predicted octanol–water partition coefficient (Wildman–Crippen LogP) is 1.99. The summed E-state index contributed by atoms with van der Waals surface area (Å²) in [6.07, 6.45) is 3.27. The second kappa shape index (κ2) is 3.98. The summed E-state index contributed by atoms with van der Waals surface area (Å²) < 4.78 is 0. The normalized spacial score (nSPS) is 17.4. The molecular weight excluding hydrogens is 200 g/mol. The summed E-state index contributed by atoms with van der Waals surface area (Å²) in [6, 6.07) is 0. The smallest absolute Gasteiger partial charge is 0.103 e. The van der Waals surface area contributed by atoms with E-state index in [4.69, 9.17) is 0 Å². The maximum absolute atomic E-state index is 4.65. The molecule has 2 heterocycles. The number of aromatic nitrogens is 1. The molecule has 72 valence electrons. The van der Waals surface area contributed by atoms with Crippen LogP contribution in [-0.4, -0.2) is 29.7 Å². The van der Waals surface area contributed by atoms with Gasteiger partial charge in [0.2, 0.25) is 0 Å². The molecular formula is C9H14N2S2. The van der Waals surface area contributed by atoms with Crippen LogP contribution in [0.25, 0.3) is 0 Å². The van der Waals surface area contributed by atoms with Crippen molar-refractivity contribution in [2.45, 2.75) is 18.7 Å². The summed E-state index contributed by atoms with van der Waals surface area (Å²) in [5.41, 5.74) is 1.35. The van der Waals surface area contributed by atoms with Crippen LogP contribution in [0.2, 0.25) is 0 Å². The molecule has 0 saturated carbocycles. The van der Waals surface area contributed by atoms with Crippen LogP contribution in [0.1, 0.15) is 15.6 Å². The quantitative estimate of drug-likeness (QED) is 0.749. The van der Waals surface area contributed by atoms with E-state index < -0.39 is 0 Å². The molecule has 1 aromatic heterocycles. The minimum absolute atomic E-state index is 1.07. The Balaban J connectivity index is 2.18. The maximum Gasteiger partial charge on any atom is 0.103 e. The fraction of sp³-hybridized carbons (Fsp3) is 0.667. The molecule has 0 radical (unpaired) electrons. The molecule has 0 aliphatic carbocycles. The molecule has 1 aliphatic heterocycles. The van der Waals surface area contributed by atoms with Gasteiger partial charge in [-0.3, -0.25) is 0 Å². The van der Waals surface area contributed by atoms with E-state index in [0.717, 1.165) is 25.3 Å². The number of nitrogens with zero attached hydrogens (tertiary/aromatic N) is 2. The number of thioether (sulfide) groups is 1. The van der Waals surface area contributed by atoms with E-state index >= 15 is 0 Å². The highest BCUT2D eigenvalue weighted by atomic mass is 32.2. The molecule has 1 aliphatic rings. The molecule has 13 heavy (non-hydrogen) atoms. The molecule has 0 unspecified atom stereocenters. The molecule has 0 N–H and O–H groups in total. The van der Waals surface area contributed by atoms with Gasteiger partial charge in [0.05, 0.1) is 5.69 Å². The molecule has 4 heteroatoms. The Hall–Kier alpha value is -0.0600. The van der Waals surface area contributed by atoms with Crippen LogP contribution in [0, 0.1) is 0 Å². The van der Waals surface area contributed by atoms with Gasteiger partial charge >= 0.3 is 0 Å². The third kappa shape index (κ3) is 2.06. The molecule has 0 aromatic carbocycles. The number of likely N-dealkylation sites (N-methyl/N-ethyl adjacent to an activating group) is 1. The van der Waals surface area contributed by atoms with Gasteiger partial charge in [0.15, 0.2) is 0 Å². The maximum atomic E-state index is 4.65. The summed E-state index contributed by atoms with van der Waals surface area (Å²) >= 11 is 3.74. The van der Waals surface area contributed by atoms with Crippen LogP contribution in [0.3, 0.4) is 0 Å². The number of hydrogen-bond donors (Lipinski definition) is 0. The Morgan fingerprint density at radius 2 is 2.46 bits per heavy atom. The molecule has 0 spiro atoms. The predicted molar refractivity (Wildman–Crippen MR) is 59.4 cm³/mol. The summed E-state index contributed by atoms with van der Waals surface area (Å²) in [5.74, 6) is 1.07. The monoisotopic (exact) mass is 214 g/mol. The molecule has 2 nitrogen and oxygen atoms in total. The zero-order valence-corrected chi connectivity index (χ0v) is 9.67. The largest absolute Gasteiger partial charge is 0.301 e. The van der Waals surface area contributed by atoms with Gasteiger partial charge in [-0.2, -0.15) is 11.8 Å². The second-order valence-electron chi connectivity index (χ2n) is 3.40. The van der Waals surface area contributed by atoms with E-state index in [2.05, 4.69) is 23.2 Å². The van der Waals surface area contributed by atoms with Crippen LogP contribution in [-0.2, 0) is 18.7 Å². The van der Waals surface area contributed by atoms with Crippen molar-refractivity contribution in [3.8, 4) is 0 Å². The topological polar surface area (TPSA) is 16.1 Å². The van der Waals surface area contributed by atoms with Gasteiger partial charge in [-0.15, -0.1) is 11.3 Å². The first-order valence-electron chi connectivity index (χ1n) is 4.44. The summed E-state index contributed by atoms with van der Waals surface area (Å²) in [6.45, 7) is 2.26. The summed E-state index contributed by atoms with van der Waals surface area (Å²) in [4.78, 5) is 8.49. The van der Waals surface area contributed by atoms with Gasteiger partial charge in [-0.05, 0) is 13.3 Å². The van der Waals surface area contributed by atoms with E-state index in [1.807, 2.05) is 23.1 Å². The number of rotatable bonds is 2. The third-order valence-electron chi connectivity index (χ3n) is 2.23. The Labute approximate surface area is 87.4 Å². The fourth-order valence-electron chi connectivity index (χ4n) is 1.56. The Bertz CT molecular complexity index is 296. The zero-order valence-electron chi connectivity index (χ0n) is 8.04. The molecule has 0 fully saturated rings. The molecule has 2 rings (SSSR count). The number of fused-ring (bicyclic) bond motifs is 1. The van der Waals surface area contributed by atoms with Crippen molar-refractivity contribution in [1.29, 1.82) is 0 Å². The van der Waals surface area contributed by atoms with Crippen molar-refractivity contribution in [3.63, 3.8) is 0 Å². The first kappa shape index (κ1) is 9.49. The molecule has 0 saturated heterocycles. The summed E-state index contributed by atoms with van der Waals surface area (Å²) in [7, 11) is 2.18. The average molecular weight is 214 g/mol. The van der Waals surface area contributed by atoms with Crippen molar-refractivity contribution >= 4 is 23.1 Å². The Morgan fingerprint density at radius 3 is 3.23 bits per heavy atom. The lowest BCUT2D eigenvalue weighted by atomic mass is 10.2. The van der Waals surface area contributed by atoms with Crippen LogP contribution in [0.5, 0.6) is 0 Å². The lowest BCUT2D eigenvalue weighted by Gasteiger charge is -2.20. The zero-order chi connectivity index (χ0) is 9.26. The number of thiazole rings is 1. The van der Waals surface area contributed by atoms with Crippen LogP contribution < -0.4 is 0 Å². The highest BCUT2D eigenvalue weighted by molar-refractivity contribution is 7.97. The first-order valence-corrected chi connectivity index (χ1v) is 6.65. The molecule has 0 bridgehead atoms. The second-order valence-corrected chi connectivity index (χ2v) is 5.43. The van der Waals surface area contributed by atoms with E-state index in [1.165, 1.54) is 15.6 Å². The van der Waals surface area contributed by atoms with Crippen LogP contribution in [0.4, 0.5) is 0 Å². The van der Waals surface area contributed by atoms with Crippen molar-refractivity contribution < 1.29 is 0 Å². The molecule has 1 aromatic rings.